The molecule has 1 amide bonds. The zero-order valence-corrected chi connectivity index (χ0v) is 13.5. The number of halogens is 1. The van der Waals surface area contributed by atoms with E-state index in [1.165, 1.54) is 18.4 Å². The number of ether oxygens (including phenoxy) is 1. The van der Waals surface area contributed by atoms with Crippen LogP contribution in [0.3, 0.4) is 0 Å². The fourth-order valence-electron chi connectivity index (χ4n) is 2.32. The van der Waals surface area contributed by atoms with E-state index in [0.29, 0.717) is 18.4 Å². The highest BCUT2D eigenvalue weighted by Crippen LogP contribution is 2.17. The van der Waals surface area contributed by atoms with Gasteiger partial charge in [-0.1, -0.05) is 11.6 Å². The lowest BCUT2D eigenvalue weighted by Crippen LogP contribution is -2.31. The Morgan fingerprint density at radius 1 is 1.50 bits per heavy atom. The quantitative estimate of drug-likeness (QED) is 0.732. The second-order valence-electron chi connectivity index (χ2n) is 5.10. The minimum Gasteiger partial charge on any atom is -0.377 e. The summed E-state index contributed by atoms with van der Waals surface area (Å²) in [5.41, 5.74) is 1.34. The summed E-state index contributed by atoms with van der Waals surface area (Å²) in [5, 5.41) is 6.26. The zero-order valence-electron chi connectivity index (χ0n) is 11.9. The third-order valence-electron chi connectivity index (χ3n) is 3.48. The fourth-order valence-corrected chi connectivity index (χ4v) is 3.25. The lowest BCUT2D eigenvalue weighted by molar-refractivity contribution is -0.118. The molecule has 0 aromatic carbocycles. The summed E-state index contributed by atoms with van der Waals surface area (Å²) in [4.78, 5) is 11.7. The van der Waals surface area contributed by atoms with Crippen LogP contribution in [0.5, 0.6) is 0 Å². The van der Waals surface area contributed by atoms with Crippen LogP contribution in [0.15, 0.2) is 11.6 Å². The van der Waals surface area contributed by atoms with Crippen LogP contribution >= 0.6 is 24.2 Å². The van der Waals surface area contributed by atoms with Gasteiger partial charge in [-0.05, 0) is 32.2 Å². The van der Waals surface area contributed by atoms with E-state index < -0.39 is 0 Å². The van der Waals surface area contributed by atoms with Crippen molar-refractivity contribution in [3.63, 3.8) is 0 Å². The molecule has 2 heterocycles. The van der Waals surface area contributed by atoms with Crippen molar-refractivity contribution < 1.29 is 9.53 Å². The van der Waals surface area contributed by atoms with E-state index >= 15 is 0 Å². The number of amides is 1. The minimum absolute atomic E-state index is 0. The molecule has 0 radical (unpaired) electrons. The van der Waals surface area contributed by atoms with Crippen molar-refractivity contribution in [2.75, 3.05) is 37.7 Å². The van der Waals surface area contributed by atoms with Gasteiger partial charge in [-0.15, -0.1) is 24.2 Å². The average molecular weight is 321 g/mol. The lowest BCUT2D eigenvalue weighted by atomic mass is 10.1. The molecular formula is C14H25ClN2O2S. The van der Waals surface area contributed by atoms with Crippen LogP contribution in [0.2, 0.25) is 0 Å². The molecule has 0 saturated carbocycles. The molecule has 1 fully saturated rings. The van der Waals surface area contributed by atoms with Crippen LogP contribution < -0.4 is 10.6 Å². The first-order valence-electron chi connectivity index (χ1n) is 7.19. The maximum atomic E-state index is 11.7. The van der Waals surface area contributed by atoms with Crippen LogP contribution in [0, 0.1) is 0 Å². The third-order valence-corrected chi connectivity index (χ3v) is 4.56. The summed E-state index contributed by atoms with van der Waals surface area (Å²) in [5.74, 6) is 1.63. The van der Waals surface area contributed by atoms with Gasteiger partial charge >= 0.3 is 0 Å². The van der Waals surface area contributed by atoms with Gasteiger partial charge in [0, 0.05) is 25.4 Å². The number of nitrogens with one attached hydrogen (secondary N) is 2. The van der Waals surface area contributed by atoms with Crippen LogP contribution in [0.25, 0.3) is 0 Å². The van der Waals surface area contributed by atoms with Crippen LogP contribution in [0.1, 0.15) is 25.7 Å². The molecule has 20 heavy (non-hydrogen) atoms. The first kappa shape index (κ1) is 17.8. The first-order chi connectivity index (χ1) is 9.34. The molecule has 4 nitrogen and oxygen atoms in total. The molecule has 0 aromatic rings. The summed E-state index contributed by atoms with van der Waals surface area (Å²) in [7, 11) is 0. The van der Waals surface area contributed by atoms with Crippen molar-refractivity contribution in [1.29, 1.82) is 0 Å². The molecule has 2 rings (SSSR count). The smallest absolute Gasteiger partial charge is 0.230 e. The van der Waals surface area contributed by atoms with Crippen molar-refractivity contribution in [1.82, 2.24) is 10.6 Å². The number of carbonyl (C=O) groups excluding carboxylic acids is 1. The molecule has 1 atom stereocenters. The molecule has 0 bridgehead atoms. The van der Waals surface area contributed by atoms with Crippen molar-refractivity contribution in [2.45, 2.75) is 31.8 Å². The number of thioether (sulfide) groups is 1. The number of hydrogen-bond donors (Lipinski definition) is 2. The Morgan fingerprint density at radius 2 is 2.40 bits per heavy atom. The zero-order chi connectivity index (χ0) is 13.3. The van der Waals surface area contributed by atoms with Gasteiger partial charge in [0.15, 0.2) is 0 Å². The molecule has 2 N–H and O–H groups in total. The summed E-state index contributed by atoms with van der Waals surface area (Å²) in [6, 6.07) is 0. The van der Waals surface area contributed by atoms with Gasteiger partial charge in [0.25, 0.3) is 0 Å². The predicted molar refractivity (Wildman–Crippen MR) is 86.7 cm³/mol. The second kappa shape index (κ2) is 10.5. The van der Waals surface area contributed by atoms with Gasteiger partial charge in [0.2, 0.25) is 5.91 Å². The Labute approximate surface area is 131 Å². The molecule has 2 aliphatic heterocycles. The SMILES string of the molecule is Cl.O=C(CSCC1CCCCO1)NCC1=CCNCC1. The Kier molecular flexibility index (Phi) is 9.35. The van der Waals surface area contributed by atoms with Gasteiger partial charge in [0.1, 0.15) is 0 Å². The van der Waals surface area contributed by atoms with Gasteiger partial charge in [-0.2, -0.15) is 0 Å². The molecule has 6 heteroatoms. The summed E-state index contributed by atoms with van der Waals surface area (Å²) in [6.07, 6.45) is 7.18. The van der Waals surface area contributed by atoms with E-state index in [2.05, 4.69) is 16.7 Å². The van der Waals surface area contributed by atoms with Crippen molar-refractivity contribution in [3.05, 3.63) is 11.6 Å². The van der Waals surface area contributed by atoms with Gasteiger partial charge in [0.05, 0.1) is 11.9 Å². The minimum atomic E-state index is 0. The maximum Gasteiger partial charge on any atom is 0.230 e. The monoisotopic (exact) mass is 320 g/mol. The van der Waals surface area contributed by atoms with Crippen LogP contribution in [-0.4, -0.2) is 49.8 Å². The van der Waals surface area contributed by atoms with Crippen molar-refractivity contribution >= 4 is 30.1 Å². The molecular weight excluding hydrogens is 296 g/mol. The Morgan fingerprint density at radius 3 is 3.10 bits per heavy atom. The molecule has 1 unspecified atom stereocenters. The number of rotatable bonds is 6. The van der Waals surface area contributed by atoms with Crippen molar-refractivity contribution in [2.24, 2.45) is 0 Å². The largest absolute Gasteiger partial charge is 0.377 e. The highest BCUT2D eigenvalue weighted by molar-refractivity contribution is 7.99. The van der Waals surface area contributed by atoms with E-state index in [1.54, 1.807) is 11.8 Å². The van der Waals surface area contributed by atoms with E-state index in [0.717, 1.165) is 38.3 Å². The van der Waals surface area contributed by atoms with Gasteiger partial charge in [-0.3, -0.25) is 4.79 Å². The van der Waals surface area contributed by atoms with Gasteiger partial charge in [-0.25, -0.2) is 0 Å². The maximum absolute atomic E-state index is 11.7. The Bertz CT molecular complexity index is 320. The van der Waals surface area contributed by atoms with Crippen LogP contribution in [-0.2, 0) is 9.53 Å². The first-order valence-corrected chi connectivity index (χ1v) is 8.35. The highest BCUT2D eigenvalue weighted by Gasteiger charge is 2.14. The second-order valence-corrected chi connectivity index (χ2v) is 6.13. The molecule has 116 valence electrons. The van der Waals surface area contributed by atoms with E-state index in [1.807, 2.05) is 0 Å². The van der Waals surface area contributed by atoms with E-state index in [4.69, 9.17) is 4.74 Å². The third kappa shape index (κ3) is 6.97. The molecule has 0 spiro atoms. The molecule has 0 aliphatic carbocycles. The Hall–Kier alpha value is -0.230. The lowest BCUT2D eigenvalue weighted by Gasteiger charge is -2.22. The van der Waals surface area contributed by atoms with Gasteiger partial charge < -0.3 is 15.4 Å². The Balaban J connectivity index is 0.00000200. The van der Waals surface area contributed by atoms with E-state index in [-0.39, 0.29) is 18.3 Å². The summed E-state index contributed by atoms with van der Waals surface area (Å²) >= 11 is 1.69. The highest BCUT2D eigenvalue weighted by atomic mass is 35.5. The number of hydrogen-bond acceptors (Lipinski definition) is 4. The summed E-state index contributed by atoms with van der Waals surface area (Å²) < 4.78 is 5.65. The normalized spacial score (nSPS) is 22.6. The summed E-state index contributed by atoms with van der Waals surface area (Å²) in [6.45, 7) is 3.55. The molecule has 1 saturated heterocycles. The number of carbonyl (C=O) groups is 1. The molecule has 0 aromatic heterocycles. The predicted octanol–water partition coefficient (Wildman–Crippen LogP) is 1.75. The fraction of sp³-hybridized carbons (Fsp3) is 0.786. The van der Waals surface area contributed by atoms with E-state index in [9.17, 15) is 4.79 Å². The van der Waals surface area contributed by atoms with Crippen molar-refractivity contribution in [3.8, 4) is 0 Å². The average Bonchev–Trinajstić information content (AvgIpc) is 2.47. The topological polar surface area (TPSA) is 50.4 Å². The molecule has 2 aliphatic rings. The standard InChI is InChI=1S/C14H24N2O2S.ClH/c17-14(16-9-12-4-6-15-7-5-12)11-19-10-13-3-1-2-8-18-13;/h4,13,15H,1-3,5-11H2,(H,16,17);1H. The van der Waals surface area contributed by atoms with Crippen LogP contribution in [0.4, 0.5) is 0 Å².